The van der Waals surface area contributed by atoms with Gasteiger partial charge in [0.1, 0.15) is 0 Å². The molecule has 0 fully saturated rings. The molecular formula is C18H20FNO4S. The summed E-state index contributed by atoms with van der Waals surface area (Å²) in [6, 6.07) is 10.5. The Labute approximate surface area is 147 Å². The lowest BCUT2D eigenvalue weighted by molar-refractivity contribution is 0.0781. The first-order chi connectivity index (χ1) is 11.8. The number of methoxy groups -OCH3 is 1. The Balaban J connectivity index is 2.28. The minimum atomic E-state index is -3.52. The maximum absolute atomic E-state index is 13.8. The van der Waals surface area contributed by atoms with Gasteiger partial charge in [-0.25, -0.2) is 12.8 Å². The normalized spacial score (nSPS) is 11.2. The van der Waals surface area contributed by atoms with Crippen LogP contribution >= 0.6 is 0 Å². The number of sulfone groups is 1. The zero-order valence-corrected chi connectivity index (χ0v) is 15.1. The molecule has 0 aliphatic heterocycles. The van der Waals surface area contributed by atoms with Crippen molar-refractivity contribution in [2.45, 2.75) is 18.4 Å². The molecule has 0 heterocycles. The number of benzene rings is 2. The molecule has 0 saturated heterocycles. The second kappa shape index (κ2) is 7.65. The van der Waals surface area contributed by atoms with Crippen LogP contribution in [0.4, 0.5) is 4.39 Å². The van der Waals surface area contributed by atoms with E-state index in [2.05, 4.69) is 0 Å². The Morgan fingerprint density at radius 3 is 2.48 bits per heavy atom. The molecule has 134 valence electrons. The van der Waals surface area contributed by atoms with E-state index in [9.17, 15) is 17.6 Å². The molecular weight excluding hydrogens is 345 g/mol. The number of rotatable bonds is 6. The van der Waals surface area contributed by atoms with E-state index in [1.54, 1.807) is 25.2 Å². The maximum Gasteiger partial charge on any atom is 0.255 e. The molecule has 0 atom stereocenters. The molecule has 0 aliphatic carbocycles. The van der Waals surface area contributed by atoms with E-state index in [1.807, 2.05) is 0 Å². The van der Waals surface area contributed by atoms with Gasteiger partial charge in [0, 0.05) is 13.6 Å². The standard InChI is InChI=1S/C18H20FNO4S/c1-4-25(22,23)17-8-6-5-7-14(17)18(21)20(2)12-13-9-10-16(24-3)15(19)11-13/h5-11H,4,12H2,1-3H3. The average Bonchev–Trinajstić information content (AvgIpc) is 2.61. The molecule has 0 radical (unpaired) electrons. The highest BCUT2D eigenvalue weighted by atomic mass is 32.2. The third-order valence-electron chi connectivity index (χ3n) is 3.82. The first-order valence-corrected chi connectivity index (χ1v) is 9.35. The van der Waals surface area contributed by atoms with Crippen molar-refractivity contribution >= 4 is 15.7 Å². The van der Waals surface area contributed by atoms with Crippen LogP contribution in [0.15, 0.2) is 47.4 Å². The first kappa shape index (κ1) is 18.9. The van der Waals surface area contributed by atoms with Gasteiger partial charge in [-0.2, -0.15) is 0 Å². The highest BCUT2D eigenvalue weighted by Crippen LogP contribution is 2.21. The number of amides is 1. The fraction of sp³-hybridized carbons (Fsp3) is 0.278. The van der Waals surface area contributed by atoms with Gasteiger partial charge >= 0.3 is 0 Å². The zero-order chi connectivity index (χ0) is 18.6. The molecule has 2 rings (SSSR count). The highest BCUT2D eigenvalue weighted by Gasteiger charge is 2.23. The van der Waals surface area contributed by atoms with Gasteiger partial charge in [0.15, 0.2) is 21.4 Å². The smallest absolute Gasteiger partial charge is 0.255 e. The van der Waals surface area contributed by atoms with Crippen LogP contribution in [0.3, 0.4) is 0 Å². The molecule has 2 aromatic rings. The number of hydrogen-bond acceptors (Lipinski definition) is 4. The fourth-order valence-corrected chi connectivity index (χ4v) is 3.52. The van der Waals surface area contributed by atoms with E-state index in [1.165, 1.54) is 43.2 Å². The lowest BCUT2D eigenvalue weighted by Crippen LogP contribution is -2.28. The number of nitrogens with zero attached hydrogens (tertiary/aromatic N) is 1. The van der Waals surface area contributed by atoms with Gasteiger partial charge < -0.3 is 9.64 Å². The molecule has 0 bridgehead atoms. The number of halogens is 1. The summed E-state index contributed by atoms with van der Waals surface area (Å²) >= 11 is 0. The molecule has 5 nitrogen and oxygen atoms in total. The summed E-state index contributed by atoms with van der Waals surface area (Å²) in [4.78, 5) is 14.0. The van der Waals surface area contributed by atoms with Gasteiger partial charge in [-0.3, -0.25) is 4.79 Å². The SMILES string of the molecule is CCS(=O)(=O)c1ccccc1C(=O)N(C)Cc1ccc(OC)c(F)c1. The van der Waals surface area contributed by atoms with Crippen molar-refractivity contribution < 1.29 is 22.3 Å². The monoisotopic (exact) mass is 365 g/mol. The van der Waals surface area contributed by atoms with E-state index in [4.69, 9.17) is 4.74 Å². The highest BCUT2D eigenvalue weighted by molar-refractivity contribution is 7.91. The molecule has 7 heteroatoms. The quantitative estimate of drug-likeness (QED) is 0.790. The van der Waals surface area contributed by atoms with Gasteiger partial charge in [0.25, 0.3) is 5.91 Å². The van der Waals surface area contributed by atoms with Crippen molar-refractivity contribution in [3.63, 3.8) is 0 Å². The van der Waals surface area contributed by atoms with Gasteiger partial charge in [-0.05, 0) is 29.8 Å². The van der Waals surface area contributed by atoms with Crippen molar-refractivity contribution in [1.29, 1.82) is 0 Å². The zero-order valence-electron chi connectivity index (χ0n) is 14.3. The third-order valence-corrected chi connectivity index (χ3v) is 5.60. The molecule has 0 aromatic heterocycles. The van der Waals surface area contributed by atoms with Crippen LogP contribution < -0.4 is 4.74 Å². The van der Waals surface area contributed by atoms with E-state index in [0.29, 0.717) is 5.56 Å². The van der Waals surface area contributed by atoms with Crippen molar-refractivity contribution in [1.82, 2.24) is 4.90 Å². The molecule has 0 spiro atoms. The molecule has 1 amide bonds. The minimum absolute atomic E-state index is 0.00950. The second-order valence-electron chi connectivity index (χ2n) is 5.53. The van der Waals surface area contributed by atoms with Crippen molar-refractivity contribution in [3.05, 3.63) is 59.4 Å². The molecule has 25 heavy (non-hydrogen) atoms. The fourth-order valence-electron chi connectivity index (χ4n) is 2.43. The Bertz CT molecular complexity index is 880. The largest absolute Gasteiger partial charge is 0.494 e. The summed E-state index contributed by atoms with van der Waals surface area (Å²) in [7, 11) is -0.605. The van der Waals surface area contributed by atoms with Gasteiger partial charge in [-0.15, -0.1) is 0 Å². The third kappa shape index (κ3) is 4.17. The van der Waals surface area contributed by atoms with Crippen LogP contribution in [-0.4, -0.2) is 39.1 Å². The van der Waals surface area contributed by atoms with Crippen LogP contribution in [0, 0.1) is 5.82 Å². The van der Waals surface area contributed by atoms with Crippen molar-refractivity contribution in [2.75, 3.05) is 19.9 Å². The number of carbonyl (C=O) groups excluding carboxylic acids is 1. The maximum atomic E-state index is 13.8. The van der Waals surface area contributed by atoms with Crippen molar-refractivity contribution in [3.8, 4) is 5.75 Å². The number of ether oxygens (including phenoxy) is 1. The van der Waals surface area contributed by atoms with E-state index < -0.39 is 21.6 Å². The van der Waals surface area contributed by atoms with Gasteiger partial charge in [-0.1, -0.05) is 25.1 Å². The Morgan fingerprint density at radius 1 is 1.20 bits per heavy atom. The second-order valence-corrected chi connectivity index (χ2v) is 7.78. The Hall–Kier alpha value is -2.41. The topological polar surface area (TPSA) is 63.7 Å². The van der Waals surface area contributed by atoms with Gasteiger partial charge in [0.05, 0.1) is 23.3 Å². The van der Waals surface area contributed by atoms with E-state index in [-0.39, 0.29) is 28.5 Å². The summed E-state index contributed by atoms with van der Waals surface area (Å²) in [5.41, 5.74) is 0.686. The van der Waals surface area contributed by atoms with Crippen LogP contribution in [0.25, 0.3) is 0 Å². The molecule has 0 aliphatic rings. The van der Waals surface area contributed by atoms with Crippen molar-refractivity contribution in [2.24, 2.45) is 0 Å². The lowest BCUT2D eigenvalue weighted by Gasteiger charge is -2.19. The van der Waals surface area contributed by atoms with E-state index >= 15 is 0 Å². The summed E-state index contributed by atoms with van der Waals surface area (Å²) in [5.74, 6) is -0.930. The molecule has 0 N–H and O–H groups in total. The molecule has 0 unspecified atom stereocenters. The minimum Gasteiger partial charge on any atom is -0.494 e. The van der Waals surface area contributed by atoms with Gasteiger partial charge in [0.2, 0.25) is 0 Å². The Kier molecular flexibility index (Phi) is 5.79. The summed E-state index contributed by atoms with van der Waals surface area (Å²) in [5, 5.41) is 0. The lowest BCUT2D eigenvalue weighted by atomic mass is 10.1. The summed E-state index contributed by atoms with van der Waals surface area (Å²) in [6.07, 6.45) is 0. The van der Waals surface area contributed by atoms with E-state index in [0.717, 1.165) is 0 Å². The van der Waals surface area contributed by atoms with Crippen LogP contribution in [-0.2, 0) is 16.4 Å². The number of carbonyl (C=O) groups is 1. The molecule has 2 aromatic carbocycles. The van der Waals surface area contributed by atoms with Crippen LogP contribution in [0.1, 0.15) is 22.8 Å². The summed E-state index contributed by atoms with van der Waals surface area (Å²) in [6.45, 7) is 1.67. The first-order valence-electron chi connectivity index (χ1n) is 7.69. The van der Waals surface area contributed by atoms with Crippen LogP contribution in [0.2, 0.25) is 0 Å². The van der Waals surface area contributed by atoms with Crippen LogP contribution in [0.5, 0.6) is 5.75 Å². The number of hydrogen-bond donors (Lipinski definition) is 0. The predicted octanol–water partition coefficient (Wildman–Crippen LogP) is 2.90. The summed E-state index contributed by atoms with van der Waals surface area (Å²) < 4.78 is 43.0. The Morgan fingerprint density at radius 2 is 1.88 bits per heavy atom. The average molecular weight is 365 g/mol. The predicted molar refractivity (Wildman–Crippen MR) is 92.9 cm³/mol. The molecule has 0 saturated carbocycles.